The number of hydrogen-bond acceptors (Lipinski definition) is 2. The summed E-state index contributed by atoms with van der Waals surface area (Å²) in [5, 5.41) is 4.71. The van der Waals surface area contributed by atoms with Crippen LogP contribution < -0.4 is 4.90 Å². The van der Waals surface area contributed by atoms with E-state index in [2.05, 4.69) is 210 Å². The minimum Gasteiger partial charge on any atom is -0.456 e. The molecule has 3 heteroatoms. The largest absolute Gasteiger partial charge is 0.456 e. The summed E-state index contributed by atoms with van der Waals surface area (Å²) in [7, 11) is 0. The predicted molar refractivity (Wildman–Crippen MR) is 248 cm³/mol. The predicted octanol–water partition coefficient (Wildman–Crippen LogP) is 14.9. The Balaban J connectivity index is 1.05. The van der Waals surface area contributed by atoms with Gasteiger partial charge in [0, 0.05) is 49.7 Å². The van der Waals surface area contributed by atoms with Crippen molar-refractivity contribution >= 4 is 60.8 Å². The van der Waals surface area contributed by atoms with Crippen LogP contribution in [0.1, 0.15) is 22.3 Å². The molecule has 0 saturated heterocycles. The number of furan rings is 1. The first-order valence-electron chi connectivity index (χ1n) is 20.9. The molecule has 13 rings (SSSR count). The molecule has 60 heavy (non-hydrogen) atoms. The summed E-state index contributed by atoms with van der Waals surface area (Å²) >= 11 is 0. The highest BCUT2D eigenvalue weighted by Crippen LogP contribution is 2.57. The summed E-state index contributed by atoms with van der Waals surface area (Å²) in [6.07, 6.45) is 1.95. The second-order valence-electron chi connectivity index (χ2n) is 16.6. The Morgan fingerprint density at radius 1 is 0.400 bits per heavy atom. The molecule has 0 fully saturated rings. The van der Waals surface area contributed by atoms with Crippen LogP contribution in [0.25, 0.3) is 71.7 Å². The van der Waals surface area contributed by atoms with Crippen LogP contribution in [0, 0.1) is 0 Å². The first-order chi connectivity index (χ1) is 29.7. The molecular weight excluding hydrogens is 729 g/mol. The highest BCUT2D eigenvalue weighted by Gasteiger charge is 2.47. The number of rotatable bonds is 5. The van der Waals surface area contributed by atoms with Crippen molar-refractivity contribution in [3.05, 3.63) is 229 Å². The van der Waals surface area contributed by atoms with Crippen LogP contribution in [0.3, 0.4) is 0 Å². The van der Waals surface area contributed by atoms with Gasteiger partial charge in [-0.15, -0.1) is 0 Å². The lowest BCUT2D eigenvalue weighted by Crippen LogP contribution is -2.26. The van der Waals surface area contributed by atoms with E-state index in [1.165, 1.54) is 66.3 Å². The highest BCUT2D eigenvalue weighted by atomic mass is 16.3. The fourth-order valence-corrected chi connectivity index (χ4v) is 10.7. The molecule has 0 amide bonds. The maximum atomic E-state index is 6.36. The third-order valence-corrected chi connectivity index (χ3v) is 13.4. The van der Waals surface area contributed by atoms with Crippen molar-refractivity contribution in [3.8, 4) is 27.9 Å². The lowest BCUT2D eigenvalue weighted by molar-refractivity contribution is 0.564. The summed E-state index contributed by atoms with van der Waals surface area (Å²) < 4.78 is 8.78. The standard InChI is InChI=1S/C57H38N2O/c1-3-13-37(14-4-1)38-23-27-45-46-28-24-43(33-52(46)57(51(45)31-38)35-39-15-7-8-16-40(39)36-57)58(42-26-30-56-50(32-42)49-20-10-12-22-55(49)60-56)44-25-29-48-47-19-9-11-21-53(47)59(54(48)34-44)41-17-5-2-6-18-41/h1-34H,35-36H2. The number of para-hydroxylation sites is 3. The number of aromatic nitrogens is 1. The van der Waals surface area contributed by atoms with Gasteiger partial charge in [0.25, 0.3) is 0 Å². The van der Waals surface area contributed by atoms with E-state index in [1.807, 2.05) is 6.07 Å². The molecule has 2 aliphatic carbocycles. The molecule has 2 heterocycles. The summed E-state index contributed by atoms with van der Waals surface area (Å²) in [4.78, 5) is 2.46. The number of benzene rings is 9. The van der Waals surface area contributed by atoms with E-state index in [9.17, 15) is 0 Å². The second kappa shape index (κ2) is 12.7. The highest BCUT2D eigenvalue weighted by molar-refractivity contribution is 6.11. The van der Waals surface area contributed by atoms with Gasteiger partial charge in [-0.3, -0.25) is 0 Å². The van der Waals surface area contributed by atoms with Crippen LogP contribution in [0.2, 0.25) is 0 Å². The molecule has 282 valence electrons. The minimum absolute atomic E-state index is 0.185. The zero-order chi connectivity index (χ0) is 39.4. The average molecular weight is 767 g/mol. The van der Waals surface area contributed by atoms with Crippen molar-refractivity contribution in [2.24, 2.45) is 0 Å². The molecule has 9 aromatic carbocycles. The van der Waals surface area contributed by atoms with E-state index in [4.69, 9.17) is 4.42 Å². The molecule has 0 atom stereocenters. The van der Waals surface area contributed by atoms with Crippen LogP contribution in [0.4, 0.5) is 17.1 Å². The Bertz CT molecular complexity index is 3480. The molecule has 2 aromatic heterocycles. The van der Waals surface area contributed by atoms with Crippen LogP contribution in [0.15, 0.2) is 211 Å². The third-order valence-electron chi connectivity index (χ3n) is 13.4. The first kappa shape index (κ1) is 33.4. The van der Waals surface area contributed by atoms with Gasteiger partial charge in [-0.2, -0.15) is 0 Å². The van der Waals surface area contributed by atoms with Crippen LogP contribution >= 0.6 is 0 Å². The van der Waals surface area contributed by atoms with E-state index in [0.29, 0.717) is 0 Å². The van der Waals surface area contributed by atoms with E-state index in [1.54, 1.807) is 0 Å². The lowest BCUT2D eigenvalue weighted by atomic mass is 9.75. The van der Waals surface area contributed by atoms with Crippen LogP contribution in [0.5, 0.6) is 0 Å². The summed E-state index contributed by atoms with van der Waals surface area (Å²) in [6, 6.07) is 75.9. The second-order valence-corrected chi connectivity index (χ2v) is 16.6. The number of fused-ring (bicyclic) bond motifs is 12. The van der Waals surface area contributed by atoms with Gasteiger partial charge in [0.05, 0.1) is 11.0 Å². The van der Waals surface area contributed by atoms with Crippen LogP contribution in [-0.4, -0.2) is 4.57 Å². The van der Waals surface area contributed by atoms with Crippen molar-refractivity contribution < 1.29 is 4.42 Å². The van der Waals surface area contributed by atoms with Crippen molar-refractivity contribution in [2.75, 3.05) is 4.90 Å². The maximum absolute atomic E-state index is 6.36. The van der Waals surface area contributed by atoms with Gasteiger partial charge in [-0.05, 0) is 130 Å². The van der Waals surface area contributed by atoms with Crippen LogP contribution in [-0.2, 0) is 18.3 Å². The van der Waals surface area contributed by atoms with Crippen molar-refractivity contribution in [3.63, 3.8) is 0 Å². The fraction of sp³-hybridized carbons (Fsp3) is 0.0526. The fourth-order valence-electron chi connectivity index (χ4n) is 10.7. The van der Waals surface area contributed by atoms with Crippen molar-refractivity contribution in [1.29, 1.82) is 0 Å². The van der Waals surface area contributed by atoms with Gasteiger partial charge >= 0.3 is 0 Å². The van der Waals surface area contributed by atoms with Gasteiger partial charge in [-0.1, -0.05) is 133 Å². The van der Waals surface area contributed by atoms with E-state index < -0.39 is 0 Å². The molecule has 3 nitrogen and oxygen atoms in total. The van der Waals surface area contributed by atoms with Gasteiger partial charge in [0.1, 0.15) is 11.2 Å². The molecule has 0 N–H and O–H groups in total. The summed E-state index contributed by atoms with van der Waals surface area (Å²) in [5.74, 6) is 0. The van der Waals surface area contributed by atoms with Gasteiger partial charge in [0.2, 0.25) is 0 Å². The normalized spacial score (nSPS) is 13.7. The quantitative estimate of drug-likeness (QED) is 0.174. The Kier molecular flexibility index (Phi) is 7.06. The minimum atomic E-state index is -0.185. The van der Waals surface area contributed by atoms with E-state index in [0.717, 1.165) is 57.5 Å². The summed E-state index contributed by atoms with van der Waals surface area (Å²) in [5.41, 5.74) is 19.3. The molecule has 0 saturated carbocycles. The van der Waals surface area contributed by atoms with E-state index >= 15 is 0 Å². The van der Waals surface area contributed by atoms with Gasteiger partial charge in [0.15, 0.2) is 0 Å². The molecule has 2 aliphatic rings. The van der Waals surface area contributed by atoms with E-state index in [-0.39, 0.29) is 5.41 Å². The molecule has 0 aliphatic heterocycles. The van der Waals surface area contributed by atoms with Gasteiger partial charge in [-0.25, -0.2) is 0 Å². The average Bonchev–Trinajstić information content (AvgIpc) is 4.05. The lowest BCUT2D eigenvalue weighted by Gasteiger charge is -2.30. The molecular formula is C57H38N2O. The Morgan fingerprint density at radius 2 is 0.983 bits per heavy atom. The third kappa shape index (κ3) is 4.84. The monoisotopic (exact) mass is 766 g/mol. The molecule has 1 spiro atoms. The maximum Gasteiger partial charge on any atom is 0.135 e. The van der Waals surface area contributed by atoms with Crippen molar-refractivity contribution in [2.45, 2.75) is 18.3 Å². The number of nitrogens with zero attached hydrogens (tertiary/aromatic N) is 2. The Labute approximate surface area is 348 Å². The Hall–Kier alpha value is -7.62. The SMILES string of the molecule is c1ccc(-c2ccc3c(c2)C2(Cc4ccccc4C2)c2cc(N(c4ccc5oc6ccccc6c5c4)c4ccc5c6ccccc6n(-c6ccccc6)c5c4)ccc2-3)cc1. The van der Waals surface area contributed by atoms with Crippen molar-refractivity contribution in [1.82, 2.24) is 4.57 Å². The molecule has 0 bridgehead atoms. The number of anilines is 3. The zero-order valence-electron chi connectivity index (χ0n) is 32.8. The zero-order valence-corrected chi connectivity index (χ0v) is 32.8. The number of hydrogen-bond donors (Lipinski definition) is 0. The summed E-state index contributed by atoms with van der Waals surface area (Å²) in [6.45, 7) is 0. The molecule has 0 radical (unpaired) electrons. The molecule has 11 aromatic rings. The Morgan fingerprint density at radius 3 is 1.80 bits per heavy atom. The smallest absolute Gasteiger partial charge is 0.135 e. The van der Waals surface area contributed by atoms with Gasteiger partial charge < -0.3 is 13.9 Å². The topological polar surface area (TPSA) is 21.3 Å². The first-order valence-corrected chi connectivity index (χ1v) is 20.9. The molecule has 0 unspecified atom stereocenters.